The van der Waals surface area contributed by atoms with Gasteiger partial charge >= 0.3 is 0 Å². The van der Waals surface area contributed by atoms with E-state index in [1.54, 1.807) is 19.2 Å². The number of likely N-dealkylation sites (tertiary alicyclic amines) is 1. The van der Waals surface area contributed by atoms with Gasteiger partial charge in [-0.25, -0.2) is 4.39 Å². The Bertz CT molecular complexity index is 1060. The van der Waals surface area contributed by atoms with Crippen LogP contribution in [0.3, 0.4) is 0 Å². The van der Waals surface area contributed by atoms with Crippen LogP contribution < -0.4 is 4.74 Å². The van der Waals surface area contributed by atoms with Gasteiger partial charge in [0.1, 0.15) is 11.6 Å². The third kappa shape index (κ3) is 5.03. The molecule has 1 atom stereocenters. The van der Waals surface area contributed by atoms with E-state index in [2.05, 4.69) is 35.1 Å². The molecule has 5 nitrogen and oxygen atoms in total. The molecule has 0 bridgehead atoms. The van der Waals surface area contributed by atoms with Gasteiger partial charge in [0.25, 0.3) is 0 Å². The third-order valence-corrected chi connectivity index (χ3v) is 6.46. The molecular formula is C26H32FN3O2. The van der Waals surface area contributed by atoms with Crippen LogP contribution in [0.1, 0.15) is 47.3 Å². The Morgan fingerprint density at radius 2 is 1.81 bits per heavy atom. The number of benzene rings is 2. The molecule has 0 spiro atoms. The lowest BCUT2D eigenvalue weighted by Gasteiger charge is -2.27. The molecule has 2 heterocycles. The summed E-state index contributed by atoms with van der Waals surface area (Å²) in [5.41, 5.74) is 4.36. The second-order valence-corrected chi connectivity index (χ2v) is 8.90. The summed E-state index contributed by atoms with van der Waals surface area (Å²) in [6.07, 6.45) is 2.21. The lowest BCUT2D eigenvalue weighted by molar-refractivity contribution is 0.0209. The quantitative estimate of drug-likeness (QED) is 0.614. The number of aryl methyl sites for hydroxylation is 2. The summed E-state index contributed by atoms with van der Waals surface area (Å²) in [5, 5.41) is 15.8. The van der Waals surface area contributed by atoms with Gasteiger partial charge in [0.15, 0.2) is 0 Å². The van der Waals surface area contributed by atoms with E-state index >= 15 is 0 Å². The van der Waals surface area contributed by atoms with Crippen LogP contribution in [-0.2, 0) is 18.7 Å². The Balaban J connectivity index is 1.47. The van der Waals surface area contributed by atoms with E-state index in [0.717, 1.165) is 54.3 Å². The summed E-state index contributed by atoms with van der Waals surface area (Å²) in [6.45, 7) is 7.25. The lowest BCUT2D eigenvalue weighted by atomic mass is 9.87. The van der Waals surface area contributed by atoms with Crippen LogP contribution in [0.4, 0.5) is 4.39 Å². The van der Waals surface area contributed by atoms with Crippen molar-refractivity contribution in [1.29, 1.82) is 0 Å². The average molecular weight is 438 g/mol. The van der Waals surface area contributed by atoms with Crippen molar-refractivity contribution in [2.45, 2.75) is 51.8 Å². The topological polar surface area (TPSA) is 50.5 Å². The zero-order valence-electron chi connectivity index (χ0n) is 19.1. The monoisotopic (exact) mass is 437 g/mol. The first-order valence-corrected chi connectivity index (χ1v) is 11.2. The summed E-state index contributed by atoms with van der Waals surface area (Å²) in [4.78, 5) is 2.39. The van der Waals surface area contributed by atoms with Crippen LogP contribution in [0.15, 0.2) is 48.5 Å². The van der Waals surface area contributed by atoms with Crippen molar-refractivity contribution < 1.29 is 14.2 Å². The minimum absolute atomic E-state index is 0.275. The van der Waals surface area contributed by atoms with Crippen molar-refractivity contribution >= 4 is 0 Å². The average Bonchev–Trinajstić information content (AvgIpc) is 2.96. The van der Waals surface area contributed by atoms with Crippen molar-refractivity contribution in [3.05, 3.63) is 82.4 Å². The Hall–Kier alpha value is -2.70. The Labute approximate surface area is 189 Å². The van der Waals surface area contributed by atoms with Gasteiger partial charge in [-0.05, 0) is 81.1 Å². The molecule has 170 valence electrons. The zero-order valence-corrected chi connectivity index (χ0v) is 19.1. The SMILES string of the molecule is COc1ccc(CN2CCC[C@@](O)(c3ccc(F)cc3)CC2)cc1Cn1nc(C)cc1C. The smallest absolute Gasteiger partial charge is 0.123 e. The number of aromatic nitrogens is 2. The highest BCUT2D eigenvalue weighted by molar-refractivity contribution is 5.38. The summed E-state index contributed by atoms with van der Waals surface area (Å²) in [7, 11) is 1.70. The van der Waals surface area contributed by atoms with E-state index in [4.69, 9.17) is 4.74 Å². The fourth-order valence-corrected chi connectivity index (χ4v) is 4.69. The minimum atomic E-state index is -0.900. The Morgan fingerprint density at radius 3 is 2.50 bits per heavy atom. The number of methoxy groups -OCH3 is 1. The Kier molecular flexibility index (Phi) is 6.63. The van der Waals surface area contributed by atoms with Gasteiger partial charge in [0, 0.05) is 24.3 Å². The second-order valence-electron chi connectivity index (χ2n) is 8.90. The molecule has 0 amide bonds. The first kappa shape index (κ1) is 22.5. The number of hydrogen-bond donors (Lipinski definition) is 1. The van der Waals surface area contributed by atoms with Crippen LogP contribution in [0, 0.1) is 19.7 Å². The van der Waals surface area contributed by atoms with E-state index in [1.165, 1.54) is 17.7 Å². The lowest BCUT2D eigenvalue weighted by Crippen LogP contribution is -2.29. The first-order chi connectivity index (χ1) is 15.4. The molecule has 1 aliphatic heterocycles. The van der Waals surface area contributed by atoms with Gasteiger partial charge in [-0.2, -0.15) is 5.10 Å². The number of hydrogen-bond acceptors (Lipinski definition) is 4. The molecule has 3 aromatic rings. The van der Waals surface area contributed by atoms with Gasteiger partial charge < -0.3 is 9.84 Å². The van der Waals surface area contributed by atoms with Crippen LogP contribution in [-0.4, -0.2) is 40.0 Å². The molecule has 2 aromatic carbocycles. The molecule has 1 fully saturated rings. The number of aliphatic hydroxyl groups is 1. The predicted octanol–water partition coefficient (Wildman–Crippen LogP) is 4.57. The molecular weight excluding hydrogens is 405 g/mol. The normalized spacial score (nSPS) is 19.7. The summed E-state index contributed by atoms with van der Waals surface area (Å²) in [5.74, 6) is 0.589. The maximum absolute atomic E-state index is 13.3. The number of rotatable bonds is 6. The van der Waals surface area contributed by atoms with Crippen LogP contribution in [0.2, 0.25) is 0 Å². The molecule has 0 saturated carbocycles. The molecule has 32 heavy (non-hydrogen) atoms. The molecule has 1 aliphatic rings. The fraction of sp³-hybridized carbons (Fsp3) is 0.423. The predicted molar refractivity (Wildman–Crippen MR) is 123 cm³/mol. The van der Waals surface area contributed by atoms with Crippen LogP contribution >= 0.6 is 0 Å². The number of nitrogens with zero attached hydrogens (tertiary/aromatic N) is 3. The number of halogens is 1. The standard InChI is InChI=1S/C26H32FN3O2/c1-19-15-20(2)30(28-19)18-22-16-21(5-10-25(22)32-3)17-29-13-4-11-26(31,12-14-29)23-6-8-24(27)9-7-23/h5-10,15-16,31H,4,11-14,17-18H2,1-3H3/t26-/m0/s1. The Morgan fingerprint density at radius 1 is 1.03 bits per heavy atom. The highest BCUT2D eigenvalue weighted by atomic mass is 19.1. The van der Waals surface area contributed by atoms with Crippen molar-refractivity contribution in [1.82, 2.24) is 14.7 Å². The van der Waals surface area contributed by atoms with E-state index in [9.17, 15) is 9.50 Å². The highest BCUT2D eigenvalue weighted by Gasteiger charge is 2.32. The van der Waals surface area contributed by atoms with Crippen molar-refractivity contribution in [2.75, 3.05) is 20.2 Å². The van der Waals surface area contributed by atoms with E-state index < -0.39 is 5.60 Å². The van der Waals surface area contributed by atoms with Crippen molar-refractivity contribution in [2.24, 2.45) is 0 Å². The second kappa shape index (κ2) is 9.43. The molecule has 1 saturated heterocycles. The van der Waals surface area contributed by atoms with Crippen molar-refractivity contribution in [3.63, 3.8) is 0 Å². The third-order valence-electron chi connectivity index (χ3n) is 6.46. The van der Waals surface area contributed by atoms with Gasteiger partial charge in [-0.3, -0.25) is 9.58 Å². The summed E-state index contributed by atoms with van der Waals surface area (Å²) < 4.78 is 20.9. The summed E-state index contributed by atoms with van der Waals surface area (Å²) >= 11 is 0. The number of ether oxygens (including phenoxy) is 1. The van der Waals surface area contributed by atoms with Gasteiger partial charge in [0.2, 0.25) is 0 Å². The maximum Gasteiger partial charge on any atom is 0.123 e. The van der Waals surface area contributed by atoms with Crippen molar-refractivity contribution in [3.8, 4) is 5.75 Å². The van der Waals surface area contributed by atoms with Gasteiger partial charge in [-0.1, -0.05) is 18.2 Å². The van der Waals surface area contributed by atoms with Crippen LogP contribution in [0.5, 0.6) is 5.75 Å². The summed E-state index contributed by atoms with van der Waals surface area (Å²) in [6, 6.07) is 14.7. The largest absolute Gasteiger partial charge is 0.496 e. The van der Waals surface area contributed by atoms with Crippen LogP contribution in [0.25, 0.3) is 0 Å². The van der Waals surface area contributed by atoms with Gasteiger partial charge in [-0.15, -0.1) is 0 Å². The molecule has 1 aromatic heterocycles. The molecule has 1 N–H and O–H groups in total. The molecule has 0 radical (unpaired) electrons. The highest BCUT2D eigenvalue weighted by Crippen LogP contribution is 2.33. The molecule has 0 unspecified atom stereocenters. The first-order valence-electron chi connectivity index (χ1n) is 11.2. The van der Waals surface area contributed by atoms with Gasteiger partial charge in [0.05, 0.1) is 24.9 Å². The van der Waals surface area contributed by atoms with E-state index in [1.807, 2.05) is 17.7 Å². The maximum atomic E-state index is 13.3. The molecule has 6 heteroatoms. The minimum Gasteiger partial charge on any atom is -0.496 e. The van der Waals surface area contributed by atoms with E-state index in [0.29, 0.717) is 19.4 Å². The zero-order chi connectivity index (χ0) is 22.7. The molecule has 4 rings (SSSR count). The van der Waals surface area contributed by atoms with E-state index in [-0.39, 0.29) is 5.82 Å². The fourth-order valence-electron chi connectivity index (χ4n) is 4.69. The molecule has 0 aliphatic carbocycles.